The maximum Gasteiger partial charge on any atom is 0.340 e. The van der Waals surface area contributed by atoms with Gasteiger partial charge in [0.05, 0.1) is 0 Å². The van der Waals surface area contributed by atoms with Gasteiger partial charge in [0.25, 0.3) is 0 Å². The van der Waals surface area contributed by atoms with E-state index in [1.165, 1.54) is 12.3 Å². The highest BCUT2D eigenvalue weighted by Gasteiger charge is 2.17. The van der Waals surface area contributed by atoms with Gasteiger partial charge in [0.15, 0.2) is 0 Å². The SMILES string of the molecule is Cc1ccc(OS(=O)(=O)c2ccc(F)cc2)nc1. The zero-order chi connectivity index (χ0) is 13.2. The molecular formula is C12H10FNO3S. The summed E-state index contributed by atoms with van der Waals surface area (Å²) in [4.78, 5) is 3.71. The van der Waals surface area contributed by atoms with E-state index in [1.807, 2.05) is 6.92 Å². The minimum Gasteiger partial charge on any atom is -0.358 e. The van der Waals surface area contributed by atoms with Gasteiger partial charge in [-0.05, 0) is 36.8 Å². The van der Waals surface area contributed by atoms with E-state index in [-0.39, 0.29) is 10.8 Å². The molecule has 0 saturated heterocycles. The fourth-order valence-electron chi connectivity index (χ4n) is 1.27. The molecule has 0 radical (unpaired) electrons. The third kappa shape index (κ3) is 2.84. The lowest BCUT2D eigenvalue weighted by atomic mass is 10.3. The van der Waals surface area contributed by atoms with Crippen LogP contribution in [0, 0.1) is 12.7 Å². The Morgan fingerprint density at radius 2 is 1.78 bits per heavy atom. The monoisotopic (exact) mass is 267 g/mol. The summed E-state index contributed by atoms with van der Waals surface area (Å²) < 4.78 is 41.1. The average Bonchev–Trinajstić information content (AvgIpc) is 2.32. The van der Waals surface area contributed by atoms with Crippen molar-refractivity contribution >= 4 is 10.1 Å². The molecule has 0 spiro atoms. The van der Waals surface area contributed by atoms with Gasteiger partial charge in [-0.25, -0.2) is 9.37 Å². The minimum atomic E-state index is -3.97. The Kier molecular flexibility index (Phi) is 3.29. The summed E-state index contributed by atoms with van der Waals surface area (Å²) in [5.74, 6) is -0.535. The van der Waals surface area contributed by atoms with Gasteiger partial charge in [0, 0.05) is 12.3 Å². The maximum atomic E-state index is 12.7. The van der Waals surface area contributed by atoms with E-state index in [1.54, 1.807) is 6.07 Å². The number of aryl methyl sites for hydroxylation is 1. The maximum absolute atomic E-state index is 12.7. The zero-order valence-corrected chi connectivity index (χ0v) is 10.3. The predicted octanol–water partition coefficient (Wildman–Crippen LogP) is 2.30. The smallest absolute Gasteiger partial charge is 0.340 e. The van der Waals surface area contributed by atoms with E-state index in [4.69, 9.17) is 4.18 Å². The largest absolute Gasteiger partial charge is 0.358 e. The second-order valence-corrected chi connectivity index (χ2v) is 5.21. The highest BCUT2D eigenvalue weighted by atomic mass is 32.2. The molecule has 18 heavy (non-hydrogen) atoms. The first-order valence-electron chi connectivity index (χ1n) is 5.10. The molecule has 1 aromatic carbocycles. The normalized spacial score (nSPS) is 11.2. The summed E-state index contributed by atoms with van der Waals surface area (Å²) in [6.45, 7) is 1.82. The molecule has 0 bridgehead atoms. The molecule has 1 aromatic heterocycles. The van der Waals surface area contributed by atoms with E-state index in [9.17, 15) is 12.8 Å². The summed E-state index contributed by atoms with van der Waals surface area (Å²) in [5.41, 5.74) is 0.890. The number of hydrogen-bond donors (Lipinski definition) is 0. The molecule has 1 heterocycles. The molecule has 0 aliphatic rings. The standard InChI is InChI=1S/C12H10FNO3S/c1-9-2-7-12(14-8-9)17-18(15,16)11-5-3-10(13)4-6-11/h2-8H,1H3. The molecule has 0 aliphatic heterocycles. The number of aromatic nitrogens is 1. The molecule has 2 aromatic rings. The van der Waals surface area contributed by atoms with Crippen molar-refractivity contribution in [1.29, 1.82) is 0 Å². The third-order valence-electron chi connectivity index (χ3n) is 2.18. The summed E-state index contributed by atoms with van der Waals surface area (Å²) in [6, 6.07) is 7.52. The highest BCUT2D eigenvalue weighted by Crippen LogP contribution is 2.16. The van der Waals surface area contributed by atoms with Crippen molar-refractivity contribution < 1.29 is 17.0 Å². The molecule has 0 atom stereocenters. The first-order valence-corrected chi connectivity index (χ1v) is 6.51. The fourth-order valence-corrected chi connectivity index (χ4v) is 2.15. The van der Waals surface area contributed by atoms with Crippen LogP contribution in [0.15, 0.2) is 47.5 Å². The van der Waals surface area contributed by atoms with Gasteiger partial charge in [0.2, 0.25) is 5.88 Å². The van der Waals surface area contributed by atoms with Crippen molar-refractivity contribution in [3.63, 3.8) is 0 Å². The first-order chi connectivity index (χ1) is 8.47. The average molecular weight is 267 g/mol. The van der Waals surface area contributed by atoms with Crippen LogP contribution >= 0.6 is 0 Å². The van der Waals surface area contributed by atoms with Gasteiger partial charge in [0.1, 0.15) is 10.7 Å². The molecule has 0 saturated carbocycles. The van der Waals surface area contributed by atoms with Crippen LogP contribution in [0.5, 0.6) is 5.88 Å². The van der Waals surface area contributed by atoms with Crippen LogP contribution < -0.4 is 4.18 Å². The van der Waals surface area contributed by atoms with Crippen LogP contribution in [-0.4, -0.2) is 13.4 Å². The first kappa shape index (κ1) is 12.5. The van der Waals surface area contributed by atoms with E-state index in [0.29, 0.717) is 0 Å². The van der Waals surface area contributed by atoms with Gasteiger partial charge in [-0.2, -0.15) is 8.42 Å². The quantitative estimate of drug-likeness (QED) is 0.801. The molecule has 6 heteroatoms. The van der Waals surface area contributed by atoms with E-state index in [0.717, 1.165) is 29.8 Å². The van der Waals surface area contributed by atoms with Gasteiger partial charge in [-0.1, -0.05) is 6.07 Å². The Morgan fingerprint density at radius 1 is 1.11 bits per heavy atom. The number of halogens is 1. The third-order valence-corrected chi connectivity index (χ3v) is 3.42. The van der Waals surface area contributed by atoms with E-state index in [2.05, 4.69) is 4.98 Å². The minimum absolute atomic E-state index is 0.0232. The number of rotatable bonds is 3. The lowest BCUT2D eigenvalue weighted by molar-refractivity contribution is 0.475. The van der Waals surface area contributed by atoms with Crippen LogP contribution in [0.2, 0.25) is 0 Å². The zero-order valence-electron chi connectivity index (χ0n) is 9.50. The van der Waals surface area contributed by atoms with Crippen LogP contribution in [-0.2, 0) is 10.1 Å². The lowest BCUT2D eigenvalue weighted by Crippen LogP contribution is -2.10. The highest BCUT2D eigenvalue weighted by molar-refractivity contribution is 7.87. The summed E-state index contributed by atoms with van der Waals surface area (Å²) in [7, 11) is -3.97. The second-order valence-electron chi connectivity index (χ2n) is 3.67. The van der Waals surface area contributed by atoms with Crippen molar-refractivity contribution in [2.24, 2.45) is 0 Å². The Labute approximate surface area is 104 Å². The van der Waals surface area contributed by atoms with E-state index >= 15 is 0 Å². The summed E-state index contributed by atoms with van der Waals surface area (Å²) >= 11 is 0. The Morgan fingerprint density at radius 3 is 2.33 bits per heavy atom. The molecule has 2 rings (SSSR count). The van der Waals surface area contributed by atoms with Gasteiger partial charge < -0.3 is 4.18 Å². The van der Waals surface area contributed by atoms with Gasteiger partial charge in [-0.15, -0.1) is 0 Å². The van der Waals surface area contributed by atoms with Crippen molar-refractivity contribution in [3.8, 4) is 5.88 Å². The van der Waals surface area contributed by atoms with Crippen molar-refractivity contribution in [3.05, 3.63) is 54.0 Å². The number of pyridine rings is 1. The van der Waals surface area contributed by atoms with Crippen LogP contribution in [0.1, 0.15) is 5.56 Å². The molecule has 0 aliphatic carbocycles. The topological polar surface area (TPSA) is 56.3 Å². The second kappa shape index (κ2) is 4.73. The fraction of sp³-hybridized carbons (Fsp3) is 0.0833. The van der Waals surface area contributed by atoms with Crippen LogP contribution in [0.3, 0.4) is 0 Å². The molecule has 0 amide bonds. The molecule has 0 N–H and O–H groups in total. The molecule has 0 unspecified atom stereocenters. The molecular weight excluding hydrogens is 257 g/mol. The molecule has 94 valence electrons. The lowest BCUT2D eigenvalue weighted by Gasteiger charge is -2.05. The molecule has 4 nitrogen and oxygen atoms in total. The van der Waals surface area contributed by atoms with Crippen molar-refractivity contribution in [2.45, 2.75) is 11.8 Å². The number of benzene rings is 1. The Hall–Kier alpha value is -1.95. The number of nitrogens with zero attached hydrogens (tertiary/aromatic N) is 1. The van der Waals surface area contributed by atoms with Gasteiger partial charge in [-0.3, -0.25) is 0 Å². The van der Waals surface area contributed by atoms with Gasteiger partial charge >= 0.3 is 10.1 Å². The summed E-state index contributed by atoms with van der Waals surface area (Å²) in [6.07, 6.45) is 1.50. The van der Waals surface area contributed by atoms with Crippen molar-refractivity contribution in [1.82, 2.24) is 4.98 Å². The molecule has 0 fully saturated rings. The summed E-state index contributed by atoms with van der Waals surface area (Å²) in [5, 5.41) is 0. The Balaban J connectivity index is 2.27. The predicted molar refractivity (Wildman–Crippen MR) is 63.2 cm³/mol. The van der Waals surface area contributed by atoms with Crippen LogP contribution in [0.25, 0.3) is 0 Å². The number of hydrogen-bond acceptors (Lipinski definition) is 4. The Bertz CT molecular complexity index is 636. The van der Waals surface area contributed by atoms with Crippen molar-refractivity contribution in [2.75, 3.05) is 0 Å². The van der Waals surface area contributed by atoms with Crippen LogP contribution in [0.4, 0.5) is 4.39 Å². The van der Waals surface area contributed by atoms with E-state index < -0.39 is 15.9 Å².